The summed E-state index contributed by atoms with van der Waals surface area (Å²) in [6, 6.07) is 0. The average Bonchev–Trinajstić information content (AvgIpc) is 2.47. The van der Waals surface area contributed by atoms with Crippen LogP contribution in [0.15, 0.2) is 0 Å². The van der Waals surface area contributed by atoms with E-state index in [9.17, 15) is 9.59 Å². The molecule has 0 aromatic rings. The van der Waals surface area contributed by atoms with Crippen LogP contribution in [-0.2, 0) is 9.59 Å². The maximum atomic E-state index is 11.7. The van der Waals surface area contributed by atoms with Gasteiger partial charge in [-0.2, -0.15) is 0 Å². The van der Waals surface area contributed by atoms with Gasteiger partial charge in [-0.05, 0) is 26.2 Å². The first-order chi connectivity index (χ1) is 7.56. The van der Waals surface area contributed by atoms with Gasteiger partial charge in [0.1, 0.15) is 0 Å². The van der Waals surface area contributed by atoms with Crippen molar-refractivity contribution in [3.8, 4) is 0 Å². The zero-order chi connectivity index (χ0) is 12.2. The maximum absolute atomic E-state index is 11.7. The highest BCUT2D eigenvalue weighted by Gasteiger charge is 2.49. The van der Waals surface area contributed by atoms with Gasteiger partial charge >= 0.3 is 0 Å². The SMILES string of the molecule is CCC1(C)C(=O)NC(=O)C1CCCCCO. The van der Waals surface area contributed by atoms with E-state index in [0.29, 0.717) is 6.42 Å². The molecule has 0 aliphatic carbocycles. The second-order valence-corrected chi connectivity index (χ2v) is 4.71. The topological polar surface area (TPSA) is 66.4 Å². The van der Waals surface area contributed by atoms with Gasteiger partial charge in [0.05, 0.1) is 11.3 Å². The Kier molecular flexibility index (Phi) is 4.47. The Morgan fingerprint density at radius 1 is 1.31 bits per heavy atom. The molecule has 1 saturated heterocycles. The molecule has 1 aliphatic heterocycles. The summed E-state index contributed by atoms with van der Waals surface area (Å²) in [5, 5.41) is 11.1. The van der Waals surface area contributed by atoms with Gasteiger partial charge in [0.2, 0.25) is 11.8 Å². The van der Waals surface area contributed by atoms with Crippen molar-refractivity contribution in [1.82, 2.24) is 5.32 Å². The maximum Gasteiger partial charge on any atom is 0.233 e. The number of nitrogens with one attached hydrogen (secondary N) is 1. The number of carbonyl (C=O) groups excluding carboxylic acids is 2. The smallest absolute Gasteiger partial charge is 0.233 e. The van der Waals surface area contributed by atoms with E-state index in [-0.39, 0.29) is 24.3 Å². The minimum Gasteiger partial charge on any atom is -0.396 e. The van der Waals surface area contributed by atoms with E-state index in [1.54, 1.807) is 0 Å². The Balaban J connectivity index is 2.55. The molecule has 2 N–H and O–H groups in total. The highest BCUT2D eigenvalue weighted by atomic mass is 16.3. The third-order valence-electron chi connectivity index (χ3n) is 3.73. The summed E-state index contributed by atoms with van der Waals surface area (Å²) in [5.74, 6) is -0.450. The first kappa shape index (κ1) is 13.2. The van der Waals surface area contributed by atoms with Crippen molar-refractivity contribution in [1.29, 1.82) is 0 Å². The third kappa shape index (κ3) is 2.43. The second-order valence-electron chi connectivity index (χ2n) is 4.71. The number of amides is 2. The Hall–Kier alpha value is -0.900. The molecule has 1 aliphatic rings. The molecule has 0 saturated carbocycles. The molecule has 16 heavy (non-hydrogen) atoms. The summed E-state index contributed by atoms with van der Waals surface area (Å²) in [7, 11) is 0. The molecule has 0 bridgehead atoms. The van der Waals surface area contributed by atoms with Crippen molar-refractivity contribution < 1.29 is 14.7 Å². The van der Waals surface area contributed by atoms with Gasteiger partial charge in [-0.15, -0.1) is 0 Å². The number of carbonyl (C=O) groups is 2. The number of hydrogen-bond donors (Lipinski definition) is 2. The normalized spacial score (nSPS) is 29.6. The first-order valence-electron chi connectivity index (χ1n) is 6.02. The standard InChI is InChI=1S/C12H21NO3/c1-3-12(2)9(7-5-4-6-8-14)10(15)13-11(12)16/h9,14H,3-8H2,1-2H3,(H,13,15,16). The number of unbranched alkanes of at least 4 members (excludes halogenated alkanes) is 2. The number of rotatable bonds is 6. The predicted molar refractivity (Wildman–Crippen MR) is 60.6 cm³/mol. The zero-order valence-electron chi connectivity index (χ0n) is 10.1. The van der Waals surface area contributed by atoms with Crippen LogP contribution in [0.25, 0.3) is 0 Å². The van der Waals surface area contributed by atoms with E-state index < -0.39 is 5.41 Å². The minimum absolute atomic E-state index is 0.127. The lowest BCUT2D eigenvalue weighted by Crippen LogP contribution is -2.31. The number of aliphatic hydroxyl groups excluding tert-OH is 1. The fraction of sp³-hybridized carbons (Fsp3) is 0.833. The number of hydrogen-bond acceptors (Lipinski definition) is 3. The molecular weight excluding hydrogens is 206 g/mol. The molecule has 0 aromatic carbocycles. The molecule has 1 fully saturated rings. The van der Waals surface area contributed by atoms with Crippen LogP contribution in [0.5, 0.6) is 0 Å². The van der Waals surface area contributed by atoms with Crippen LogP contribution in [0.3, 0.4) is 0 Å². The monoisotopic (exact) mass is 227 g/mol. The van der Waals surface area contributed by atoms with Gasteiger partial charge in [0.25, 0.3) is 0 Å². The Morgan fingerprint density at radius 3 is 2.56 bits per heavy atom. The summed E-state index contributed by atoms with van der Waals surface area (Å²) in [6.45, 7) is 4.00. The van der Waals surface area contributed by atoms with E-state index in [1.807, 2.05) is 13.8 Å². The first-order valence-corrected chi connectivity index (χ1v) is 6.02. The van der Waals surface area contributed by atoms with E-state index in [4.69, 9.17) is 5.11 Å². The number of imide groups is 1. The van der Waals surface area contributed by atoms with Gasteiger partial charge < -0.3 is 5.11 Å². The van der Waals surface area contributed by atoms with E-state index in [0.717, 1.165) is 25.7 Å². The molecule has 0 aromatic heterocycles. The number of aliphatic hydroxyl groups is 1. The zero-order valence-corrected chi connectivity index (χ0v) is 10.1. The van der Waals surface area contributed by atoms with Crippen LogP contribution in [0.2, 0.25) is 0 Å². The quantitative estimate of drug-likeness (QED) is 0.530. The van der Waals surface area contributed by atoms with Crippen LogP contribution in [-0.4, -0.2) is 23.5 Å². The summed E-state index contributed by atoms with van der Waals surface area (Å²) >= 11 is 0. The van der Waals surface area contributed by atoms with Gasteiger partial charge in [0, 0.05) is 6.61 Å². The van der Waals surface area contributed by atoms with Crippen molar-refractivity contribution in [3.63, 3.8) is 0 Å². The van der Waals surface area contributed by atoms with E-state index >= 15 is 0 Å². The Morgan fingerprint density at radius 2 is 2.00 bits per heavy atom. The predicted octanol–water partition coefficient (Wildman–Crippen LogP) is 1.23. The summed E-state index contributed by atoms with van der Waals surface area (Å²) < 4.78 is 0. The highest BCUT2D eigenvalue weighted by Crippen LogP contribution is 2.39. The Labute approximate surface area is 96.4 Å². The van der Waals surface area contributed by atoms with Crippen LogP contribution in [0.4, 0.5) is 0 Å². The van der Waals surface area contributed by atoms with Gasteiger partial charge in [-0.25, -0.2) is 0 Å². The fourth-order valence-electron chi connectivity index (χ4n) is 2.28. The van der Waals surface area contributed by atoms with E-state index in [1.165, 1.54) is 0 Å². The second kappa shape index (κ2) is 5.43. The van der Waals surface area contributed by atoms with Crippen LogP contribution in [0, 0.1) is 11.3 Å². The molecule has 0 spiro atoms. The molecule has 2 amide bonds. The summed E-state index contributed by atoms with van der Waals surface area (Å²) in [6.07, 6.45) is 4.00. The van der Waals surface area contributed by atoms with Crippen LogP contribution in [0.1, 0.15) is 46.0 Å². The van der Waals surface area contributed by atoms with E-state index in [2.05, 4.69) is 5.32 Å². The summed E-state index contributed by atoms with van der Waals surface area (Å²) in [4.78, 5) is 23.3. The molecular formula is C12H21NO3. The van der Waals surface area contributed by atoms with Crippen molar-refractivity contribution in [2.45, 2.75) is 46.0 Å². The molecule has 4 nitrogen and oxygen atoms in total. The van der Waals surface area contributed by atoms with Crippen LogP contribution >= 0.6 is 0 Å². The molecule has 2 unspecified atom stereocenters. The molecule has 4 heteroatoms. The highest BCUT2D eigenvalue weighted by molar-refractivity contribution is 6.07. The lowest BCUT2D eigenvalue weighted by molar-refractivity contribution is -0.128. The van der Waals surface area contributed by atoms with Gasteiger partial charge in [0.15, 0.2) is 0 Å². The Bertz CT molecular complexity index is 277. The molecule has 92 valence electrons. The fourth-order valence-corrected chi connectivity index (χ4v) is 2.28. The average molecular weight is 227 g/mol. The molecule has 2 atom stereocenters. The van der Waals surface area contributed by atoms with Crippen molar-refractivity contribution in [3.05, 3.63) is 0 Å². The van der Waals surface area contributed by atoms with Crippen molar-refractivity contribution in [2.75, 3.05) is 6.61 Å². The van der Waals surface area contributed by atoms with Crippen LogP contribution < -0.4 is 5.32 Å². The van der Waals surface area contributed by atoms with Gasteiger partial charge in [-0.3, -0.25) is 14.9 Å². The molecule has 1 rings (SSSR count). The largest absolute Gasteiger partial charge is 0.396 e. The molecule has 0 radical (unpaired) electrons. The summed E-state index contributed by atoms with van der Waals surface area (Å²) in [5.41, 5.74) is -0.531. The van der Waals surface area contributed by atoms with Gasteiger partial charge in [-0.1, -0.05) is 19.8 Å². The lowest BCUT2D eigenvalue weighted by atomic mass is 9.74. The minimum atomic E-state index is -0.531. The van der Waals surface area contributed by atoms with Crippen molar-refractivity contribution >= 4 is 11.8 Å². The third-order valence-corrected chi connectivity index (χ3v) is 3.73. The lowest BCUT2D eigenvalue weighted by Gasteiger charge is -2.25. The van der Waals surface area contributed by atoms with Crippen molar-refractivity contribution in [2.24, 2.45) is 11.3 Å². The molecule has 1 heterocycles.